The van der Waals surface area contributed by atoms with Gasteiger partial charge in [0.2, 0.25) is 0 Å². The smallest absolute Gasteiger partial charge is 0.253 e. The van der Waals surface area contributed by atoms with E-state index in [1.807, 2.05) is 12.1 Å². The lowest BCUT2D eigenvalue weighted by atomic mass is 10.1. The van der Waals surface area contributed by atoms with Crippen molar-refractivity contribution in [2.75, 3.05) is 18.5 Å². The minimum Gasteiger partial charge on any atom is -0.376 e. The summed E-state index contributed by atoms with van der Waals surface area (Å²) in [5.74, 6) is 0. The molecule has 0 spiro atoms. The molecule has 0 amide bonds. The molecular formula is C26H31N3O2S. The summed E-state index contributed by atoms with van der Waals surface area (Å²) in [6.07, 6.45) is 3.16. The lowest BCUT2D eigenvalue weighted by Gasteiger charge is -2.28. The highest BCUT2D eigenvalue weighted by molar-refractivity contribution is 7.80. The first kappa shape index (κ1) is 22.5. The van der Waals surface area contributed by atoms with Gasteiger partial charge in [0, 0.05) is 29.9 Å². The molecule has 3 aromatic rings. The summed E-state index contributed by atoms with van der Waals surface area (Å²) in [5, 5.41) is 5.05. The molecule has 6 heteroatoms. The number of aromatic nitrogens is 1. The number of benzene rings is 2. The van der Waals surface area contributed by atoms with Crippen molar-refractivity contribution in [2.45, 2.75) is 52.7 Å². The molecule has 2 aromatic carbocycles. The number of hydrogen-bond donors (Lipinski definition) is 2. The molecule has 0 aliphatic carbocycles. The Morgan fingerprint density at radius 2 is 2.06 bits per heavy atom. The summed E-state index contributed by atoms with van der Waals surface area (Å²) in [4.78, 5) is 18.0. The van der Waals surface area contributed by atoms with Gasteiger partial charge in [-0.3, -0.25) is 4.79 Å². The zero-order valence-electron chi connectivity index (χ0n) is 19.0. The largest absolute Gasteiger partial charge is 0.376 e. The Kier molecular flexibility index (Phi) is 6.92. The molecule has 1 fully saturated rings. The van der Waals surface area contributed by atoms with Gasteiger partial charge in [-0.05, 0) is 86.1 Å². The summed E-state index contributed by atoms with van der Waals surface area (Å²) in [6, 6.07) is 14.4. The summed E-state index contributed by atoms with van der Waals surface area (Å²) in [5.41, 5.74) is 6.07. The summed E-state index contributed by atoms with van der Waals surface area (Å²) in [6.45, 7) is 8.15. The van der Waals surface area contributed by atoms with Crippen LogP contribution >= 0.6 is 12.2 Å². The average molecular weight is 450 g/mol. The van der Waals surface area contributed by atoms with E-state index in [1.54, 1.807) is 0 Å². The van der Waals surface area contributed by atoms with Gasteiger partial charge < -0.3 is 19.9 Å². The second-order valence-electron chi connectivity index (χ2n) is 8.66. The van der Waals surface area contributed by atoms with Crippen LogP contribution in [0.5, 0.6) is 0 Å². The Balaban J connectivity index is 1.61. The highest BCUT2D eigenvalue weighted by Gasteiger charge is 2.22. The average Bonchev–Trinajstić information content (AvgIpc) is 3.28. The molecule has 1 aliphatic rings. The molecule has 32 heavy (non-hydrogen) atoms. The first-order valence-corrected chi connectivity index (χ1v) is 11.7. The number of H-pyrrole nitrogens is 1. The third kappa shape index (κ3) is 5.19. The van der Waals surface area contributed by atoms with Gasteiger partial charge in [0.25, 0.3) is 5.56 Å². The first-order chi connectivity index (χ1) is 15.4. The van der Waals surface area contributed by atoms with Crippen LogP contribution in [0, 0.1) is 13.8 Å². The molecule has 168 valence electrons. The van der Waals surface area contributed by atoms with Crippen LogP contribution in [-0.4, -0.2) is 34.3 Å². The van der Waals surface area contributed by atoms with Crippen molar-refractivity contribution in [2.24, 2.45) is 0 Å². The van der Waals surface area contributed by atoms with Crippen molar-refractivity contribution in [3.8, 4) is 0 Å². The molecule has 0 bridgehead atoms. The van der Waals surface area contributed by atoms with E-state index in [1.165, 1.54) is 11.1 Å². The Morgan fingerprint density at radius 3 is 2.78 bits per heavy atom. The zero-order chi connectivity index (χ0) is 22.7. The third-order valence-electron chi connectivity index (χ3n) is 6.11. The number of ether oxygens (including phenoxy) is 1. The number of hydrogen-bond acceptors (Lipinski definition) is 3. The van der Waals surface area contributed by atoms with Gasteiger partial charge in [-0.1, -0.05) is 30.7 Å². The molecule has 1 atom stereocenters. The van der Waals surface area contributed by atoms with Crippen LogP contribution in [0.15, 0.2) is 47.3 Å². The van der Waals surface area contributed by atoms with Crippen LogP contribution in [-0.2, 0) is 17.7 Å². The predicted octanol–water partition coefficient (Wildman–Crippen LogP) is 5.09. The van der Waals surface area contributed by atoms with Gasteiger partial charge in [0.05, 0.1) is 12.6 Å². The van der Waals surface area contributed by atoms with Crippen molar-refractivity contribution >= 4 is 33.9 Å². The van der Waals surface area contributed by atoms with Crippen molar-refractivity contribution in [3.63, 3.8) is 0 Å². The van der Waals surface area contributed by atoms with E-state index in [2.05, 4.69) is 66.3 Å². The van der Waals surface area contributed by atoms with Crippen LogP contribution in [0.3, 0.4) is 0 Å². The maximum absolute atomic E-state index is 12.9. The van der Waals surface area contributed by atoms with Gasteiger partial charge in [-0.2, -0.15) is 0 Å². The number of thiocarbonyl (C=S) groups is 1. The number of fused-ring (bicyclic) bond motifs is 1. The number of aromatic amines is 1. The SMILES string of the molecule is CCc1ccc2[nH]c(=O)c(CN(C[C@H]3CCCO3)C(=S)Nc3ccc(C)cc3C)cc2c1. The fourth-order valence-electron chi connectivity index (χ4n) is 4.25. The molecule has 4 rings (SSSR count). The Morgan fingerprint density at radius 1 is 1.22 bits per heavy atom. The number of nitrogens with zero attached hydrogens (tertiary/aromatic N) is 1. The number of nitrogens with one attached hydrogen (secondary N) is 2. The maximum Gasteiger partial charge on any atom is 0.253 e. The fraction of sp³-hybridized carbons (Fsp3) is 0.385. The lowest BCUT2D eigenvalue weighted by Crippen LogP contribution is -2.40. The molecule has 0 saturated carbocycles. The predicted molar refractivity (Wildman–Crippen MR) is 135 cm³/mol. The van der Waals surface area contributed by atoms with Gasteiger partial charge in [-0.15, -0.1) is 0 Å². The highest BCUT2D eigenvalue weighted by atomic mass is 32.1. The summed E-state index contributed by atoms with van der Waals surface area (Å²) < 4.78 is 5.88. The van der Waals surface area contributed by atoms with Crippen LogP contribution in [0.2, 0.25) is 0 Å². The van der Waals surface area contributed by atoms with E-state index in [4.69, 9.17) is 17.0 Å². The maximum atomic E-state index is 12.9. The summed E-state index contributed by atoms with van der Waals surface area (Å²) in [7, 11) is 0. The number of pyridine rings is 1. The standard InChI is InChI=1S/C26H31N3O2S/c1-4-19-8-10-24-20(13-19)14-21(25(30)27-24)15-29(16-22-6-5-11-31-22)26(32)28-23-9-7-17(2)12-18(23)3/h7-10,12-14,22H,4-6,11,15-16H2,1-3H3,(H,27,30)(H,28,32)/t22-/m1/s1. The van der Waals surface area contributed by atoms with Crippen molar-refractivity contribution in [1.29, 1.82) is 0 Å². The molecule has 5 nitrogen and oxygen atoms in total. The fourth-order valence-corrected chi connectivity index (χ4v) is 4.49. The van der Waals surface area contributed by atoms with E-state index < -0.39 is 0 Å². The van der Waals surface area contributed by atoms with Crippen LogP contribution in [0.25, 0.3) is 10.9 Å². The van der Waals surface area contributed by atoms with E-state index in [-0.39, 0.29) is 11.7 Å². The molecule has 1 aliphatic heterocycles. The van der Waals surface area contributed by atoms with Gasteiger partial charge in [0.1, 0.15) is 0 Å². The number of aryl methyl sites for hydroxylation is 3. The molecule has 0 unspecified atom stereocenters. The van der Waals surface area contributed by atoms with Gasteiger partial charge >= 0.3 is 0 Å². The molecule has 1 saturated heterocycles. The van der Waals surface area contributed by atoms with Crippen molar-refractivity contribution in [3.05, 3.63) is 75.1 Å². The highest BCUT2D eigenvalue weighted by Crippen LogP contribution is 2.20. The minimum absolute atomic E-state index is 0.0756. The van der Waals surface area contributed by atoms with Gasteiger partial charge in [-0.25, -0.2) is 0 Å². The molecule has 1 aromatic heterocycles. The molecule has 0 radical (unpaired) electrons. The van der Waals surface area contributed by atoms with Crippen molar-refractivity contribution < 1.29 is 4.74 Å². The first-order valence-electron chi connectivity index (χ1n) is 11.3. The topological polar surface area (TPSA) is 57.4 Å². The molecule has 2 N–H and O–H groups in total. The van der Waals surface area contributed by atoms with Crippen LogP contribution < -0.4 is 10.9 Å². The molecule has 2 heterocycles. The van der Waals surface area contributed by atoms with E-state index in [0.717, 1.165) is 48.0 Å². The Labute approximate surface area is 194 Å². The second-order valence-corrected chi connectivity index (χ2v) is 9.05. The normalized spacial score (nSPS) is 15.8. The third-order valence-corrected chi connectivity index (χ3v) is 6.47. The van der Waals surface area contributed by atoms with E-state index in [0.29, 0.717) is 23.8 Å². The molecular weight excluding hydrogens is 418 g/mol. The van der Waals surface area contributed by atoms with Crippen LogP contribution in [0.1, 0.15) is 42.0 Å². The minimum atomic E-state index is -0.0756. The van der Waals surface area contributed by atoms with E-state index >= 15 is 0 Å². The quantitative estimate of drug-likeness (QED) is 0.514. The number of anilines is 1. The van der Waals surface area contributed by atoms with E-state index in [9.17, 15) is 4.79 Å². The van der Waals surface area contributed by atoms with Crippen molar-refractivity contribution in [1.82, 2.24) is 9.88 Å². The Bertz CT molecular complexity index is 1180. The van der Waals surface area contributed by atoms with Gasteiger partial charge in [0.15, 0.2) is 5.11 Å². The second kappa shape index (κ2) is 9.84. The lowest BCUT2D eigenvalue weighted by molar-refractivity contribution is 0.0904. The zero-order valence-corrected chi connectivity index (χ0v) is 19.8. The Hall–Kier alpha value is -2.70. The number of rotatable bonds is 6. The monoisotopic (exact) mass is 449 g/mol. The van der Waals surface area contributed by atoms with Crippen LogP contribution in [0.4, 0.5) is 5.69 Å². The summed E-state index contributed by atoms with van der Waals surface area (Å²) >= 11 is 5.81.